The molecule has 1 N–H and O–H groups in total. The smallest absolute Gasteiger partial charge is 0.338 e. The molecule has 6 nitrogen and oxygen atoms in total. The Morgan fingerprint density at radius 2 is 2.35 bits per heavy atom. The van der Waals surface area contributed by atoms with Crippen LogP contribution in [0.4, 0.5) is 0 Å². The zero-order valence-electron chi connectivity index (χ0n) is 12.7. The number of carboxylic acids is 1. The molecule has 0 amide bonds. The maximum Gasteiger partial charge on any atom is 0.338 e. The molecule has 2 aliphatic rings. The molecule has 0 aromatic carbocycles. The summed E-state index contributed by atoms with van der Waals surface area (Å²) in [5, 5.41) is 9.69. The van der Waals surface area contributed by atoms with Gasteiger partial charge in [0.2, 0.25) is 0 Å². The Morgan fingerprint density at radius 3 is 3.04 bits per heavy atom. The summed E-state index contributed by atoms with van der Waals surface area (Å²) in [5.74, 6) is -0.928. The van der Waals surface area contributed by atoms with Gasteiger partial charge in [-0.25, -0.2) is 4.79 Å². The molecule has 0 aliphatic carbocycles. The molecule has 2 aliphatic heterocycles. The molecule has 4 heterocycles. The average Bonchev–Trinajstić information content (AvgIpc) is 3.26. The normalized spacial score (nSPS) is 21.3. The summed E-state index contributed by atoms with van der Waals surface area (Å²) in [4.78, 5) is 18.6. The molecule has 1 atom stereocenters. The first-order chi connectivity index (χ1) is 11.2. The number of hydrogen-bond donors (Lipinski definition) is 1. The van der Waals surface area contributed by atoms with E-state index in [1.165, 1.54) is 12.5 Å². The van der Waals surface area contributed by atoms with Crippen molar-refractivity contribution < 1.29 is 19.1 Å². The molecular formula is C17H18N2O4. The minimum absolute atomic E-state index is 0.311. The predicted molar refractivity (Wildman–Crippen MR) is 82.2 cm³/mol. The van der Waals surface area contributed by atoms with E-state index in [2.05, 4.69) is 9.88 Å². The van der Waals surface area contributed by atoms with Gasteiger partial charge in [-0.1, -0.05) is 0 Å². The first kappa shape index (κ1) is 14.4. The lowest BCUT2D eigenvalue weighted by Crippen LogP contribution is -2.40. The number of carbonyl (C=O) groups is 1. The van der Waals surface area contributed by atoms with E-state index in [9.17, 15) is 9.90 Å². The van der Waals surface area contributed by atoms with Gasteiger partial charge in [-0.15, -0.1) is 0 Å². The predicted octanol–water partition coefficient (Wildman–Crippen LogP) is 2.19. The van der Waals surface area contributed by atoms with Gasteiger partial charge in [0.05, 0.1) is 30.4 Å². The summed E-state index contributed by atoms with van der Waals surface area (Å²) in [5.41, 5.74) is 3.41. The lowest BCUT2D eigenvalue weighted by Gasteiger charge is -2.33. The number of carboxylic acid groups (broad SMARTS) is 1. The van der Waals surface area contributed by atoms with E-state index in [4.69, 9.17) is 9.15 Å². The van der Waals surface area contributed by atoms with E-state index in [1.54, 1.807) is 6.07 Å². The first-order valence-corrected chi connectivity index (χ1v) is 7.82. The number of fused-ring (bicyclic) bond motifs is 1. The van der Waals surface area contributed by atoms with Crippen LogP contribution in [0.1, 0.15) is 27.9 Å². The standard InChI is InChI=1S/C17H18N2O4/c20-17(21)15-14-1-4-19(13-3-6-23-10-13)8-12(14)7-18-16(15)11-2-5-22-9-11/h2,5,7,9,13H,1,3-4,6,8,10H2,(H,20,21)/t13-/m0/s1. The zero-order chi connectivity index (χ0) is 15.8. The molecule has 0 spiro atoms. The van der Waals surface area contributed by atoms with Gasteiger partial charge in [0.1, 0.15) is 0 Å². The molecular weight excluding hydrogens is 296 g/mol. The second kappa shape index (κ2) is 5.79. The van der Waals surface area contributed by atoms with Crippen molar-refractivity contribution in [1.82, 2.24) is 9.88 Å². The van der Waals surface area contributed by atoms with Crippen molar-refractivity contribution in [2.45, 2.75) is 25.4 Å². The van der Waals surface area contributed by atoms with Crippen LogP contribution in [0.15, 0.2) is 29.2 Å². The monoisotopic (exact) mass is 314 g/mol. The van der Waals surface area contributed by atoms with Gasteiger partial charge >= 0.3 is 5.97 Å². The van der Waals surface area contributed by atoms with Crippen LogP contribution in [0.2, 0.25) is 0 Å². The molecule has 0 saturated carbocycles. The Hall–Kier alpha value is -2.18. The number of furan rings is 1. The molecule has 6 heteroatoms. The van der Waals surface area contributed by atoms with Crippen LogP contribution in [0.5, 0.6) is 0 Å². The highest BCUT2D eigenvalue weighted by atomic mass is 16.5. The van der Waals surface area contributed by atoms with E-state index in [0.29, 0.717) is 22.9 Å². The maximum atomic E-state index is 11.8. The topological polar surface area (TPSA) is 75.8 Å². The molecule has 0 radical (unpaired) electrons. The lowest BCUT2D eigenvalue weighted by atomic mass is 9.92. The molecule has 1 saturated heterocycles. The molecule has 120 valence electrons. The Bertz CT molecular complexity index is 720. The summed E-state index contributed by atoms with van der Waals surface area (Å²) >= 11 is 0. The van der Waals surface area contributed by atoms with Crippen LogP contribution in [-0.2, 0) is 17.7 Å². The number of aromatic nitrogens is 1. The number of aromatic carboxylic acids is 1. The summed E-state index contributed by atoms with van der Waals surface area (Å²) < 4.78 is 10.5. The van der Waals surface area contributed by atoms with Gasteiger partial charge in [-0.05, 0) is 30.0 Å². The minimum Gasteiger partial charge on any atom is -0.478 e. The number of ether oxygens (including phenoxy) is 1. The van der Waals surface area contributed by atoms with E-state index in [0.717, 1.165) is 50.3 Å². The highest BCUT2D eigenvalue weighted by Crippen LogP contribution is 2.31. The van der Waals surface area contributed by atoms with Crippen LogP contribution in [0.3, 0.4) is 0 Å². The second-order valence-electron chi connectivity index (χ2n) is 6.04. The van der Waals surface area contributed by atoms with E-state index < -0.39 is 5.97 Å². The molecule has 2 aromatic rings. The molecule has 23 heavy (non-hydrogen) atoms. The third-order valence-electron chi connectivity index (χ3n) is 4.73. The van der Waals surface area contributed by atoms with Gasteiger partial charge in [-0.3, -0.25) is 9.88 Å². The van der Waals surface area contributed by atoms with Gasteiger partial charge in [-0.2, -0.15) is 0 Å². The van der Waals surface area contributed by atoms with Crippen LogP contribution < -0.4 is 0 Å². The summed E-state index contributed by atoms with van der Waals surface area (Å²) in [6.07, 6.45) is 6.64. The zero-order valence-corrected chi connectivity index (χ0v) is 12.7. The Balaban J connectivity index is 1.72. The average molecular weight is 314 g/mol. The van der Waals surface area contributed by atoms with Crippen molar-refractivity contribution in [3.8, 4) is 11.3 Å². The quantitative estimate of drug-likeness (QED) is 0.936. The Kier molecular flexibility index (Phi) is 3.63. The fourth-order valence-corrected chi connectivity index (χ4v) is 3.53. The van der Waals surface area contributed by atoms with Crippen molar-refractivity contribution >= 4 is 5.97 Å². The van der Waals surface area contributed by atoms with Crippen LogP contribution in [0, 0.1) is 0 Å². The first-order valence-electron chi connectivity index (χ1n) is 7.82. The van der Waals surface area contributed by atoms with Crippen molar-refractivity contribution in [1.29, 1.82) is 0 Å². The maximum absolute atomic E-state index is 11.8. The lowest BCUT2D eigenvalue weighted by molar-refractivity contribution is 0.0694. The van der Waals surface area contributed by atoms with Crippen molar-refractivity contribution in [3.05, 3.63) is 41.5 Å². The molecule has 4 rings (SSSR count). The molecule has 2 aromatic heterocycles. The summed E-state index contributed by atoms with van der Waals surface area (Å²) in [7, 11) is 0. The van der Waals surface area contributed by atoms with Crippen LogP contribution in [0.25, 0.3) is 11.3 Å². The van der Waals surface area contributed by atoms with E-state index in [-0.39, 0.29) is 0 Å². The Morgan fingerprint density at radius 1 is 1.43 bits per heavy atom. The SMILES string of the molecule is O=C(O)c1c(-c2ccoc2)ncc2c1CCN([C@H]1CCOC1)C2. The fraction of sp³-hybridized carbons (Fsp3) is 0.412. The van der Waals surface area contributed by atoms with Crippen molar-refractivity contribution in [3.63, 3.8) is 0 Å². The molecule has 0 unspecified atom stereocenters. The van der Waals surface area contributed by atoms with Gasteiger partial charge in [0, 0.05) is 37.5 Å². The number of hydrogen-bond acceptors (Lipinski definition) is 5. The van der Waals surface area contributed by atoms with Crippen molar-refractivity contribution in [2.24, 2.45) is 0 Å². The van der Waals surface area contributed by atoms with Gasteiger partial charge in [0.25, 0.3) is 0 Å². The largest absolute Gasteiger partial charge is 0.478 e. The van der Waals surface area contributed by atoms with E-state index in [1.807, 2.05) is 6.20 Å². The highest BCUT2D eigenvalue weighted by molar-refractivity contribution is 5.96. The number of pyridine rings is 1. The number of nitrogens with zero attached hydrogens (tertiary/aromatic N) is 2. The Labute approximate surface area is 133 Å². The second-order valence-corrected chi connectivity index (χ2v) is 6.04. The summed E-state index contributed by atoms with van der Waals surface area (Å²) in [6.45, 7) is 3.17. The van der Waals surface area contributed by atoms with Gasteiger partial charge in [0.15, 0.2) is 0 Å². The minimum atomic E-state index is -0.928. The van der Waals surface area contributed by atoms with Crippen LogP contribution in [-0.4, -0.2) is 46.8 Å². The molecule has 1 fully saturated rings. The highest BCUT2D eigenvalue weighted by Gasteiger charge is 2.30. The van der Waals surface area contributed by atoms with Gasteiger partial charge < -0.3 is 14.3 Å². The third-order valence-corrected chi connectivity index (χ3v) is 4.73. The third kappa shape index (κ3) is 2.54. The number of rotatable bonds is 3. The van der Waals surface area contributed by atoms with Crippen molar-refractivity contribution in [2.75, 3.05) is 19.8 Å². The fourth-order valence-electron chi connectivity index (χ4n) is 3.53. The summed E-state index contributed by atoms with van der Waals surface area (Å²) in [6, 6.07) is 2.18. The van der Waals surface area contributed by atoms with Crippen LogP contribution >= 0.6 is 0 Å². The van der Waals surface area contributed by atoms with E-state index >= 15 is 0 Å². The molecule has 0 bridgehead atoms.